The molecule has 2 N–H and O–H groups in total. The summed E-state index contributed by atoms with van der Waals surface area (Å²) in [5, 5.41) is 21.4. The van der Waals surface area contributed by atoms with E-state index in [4.69, 9.17) is 0 Å². The van der Waals surface area contributed by atoms with Crippen molar-refractivity contribution in [3.63, 3.8) is 0 Å². The number of aliphatic hydroxyl groups is 2. The molecular formula is C30H50O2. The molecule has 9 atom stereocenters. The zero-order valence-electron chi connectivity index (χ0n) is 22.2. The van der Waals surface area contributed by atoms with Gasteiger partial charge in [0.05, 0.1) is 12.2 Å². The van der Waals surface area contributed by atoms with Gasteiger partial charge < -0.3 is 10.2 Å². The van der Waals surface area contributed by atoms with E-state index in [1.807, 2.05) is 6.08 Å². The molecule has 0 amide bonds. The van der Waals surface area contributed by atoms with Crippen LogP contribution in [0.25, 0.3) is 0 Å². The minimum absolute atomic E-state index is 0.00444. The van der Waals surface area contributed by atoms with Gasteiger partial charge in [0, 0.05) is 0 Å². The lowest BCUT2D eigenvalue weighted by molar-refractivity contribution is -0.131. The normalized spacial score (nSPS) is 46.9. The smallest absolute Gasteiger partial charge is 0.0726 e. The van der Waals surface area contributed by atoms with Crippen molar-refractivity contribution in [1.29, 1.82) is 0 Å². The number of rotatable bonds is 4. The van der Waals surface area contributed by atoms with E-state index < -0.39 is 0 Å². The third-order valence-electron chi connectivity index (χ3n) is 11.7. The van der Waals surface area contributed by atoms with Crippen LogP contribution in [0.2, 0.25) is 0 Å². The summed E-state index contributed by atoms with van der Waals surface area (Å²) in [6.45, 7) is 18.9. The molecule has 3 fully saturated rings. The van der Waals surface area contributed by atoms with Gasteiger partial charge in [0.15, 0.2) is 0 Å². The fourth-order valence-corrected chi connectivity index (χ4v) is 9.65. The molecule has 3 saturated carbocycles. The van der Waals surface area contributed by atoms with Crippen LogP contribution in [0.5, 0.6) is 0 Å². The second-order valence-corrected chi connectivity index (χ2v) is 13.8. The molecule has 0 aromatic heterocycles. The molecule has 2 heteroatoms. The Hall–Kier alpha value is -0.600. The molecule has 2 nitrogen and oxygen atoms in total. The highest BCUT2D eigenvalue weighted by atomic mass is 16.3. The maximum Gasteiger partial charge on any atom is 0.0726 e. The predicted molar refractivity (Wildman–Crippen MR) is 134 cm³/mol. The van der Waals surface area contributed by atoms with Gasteiger partial charge in [-0.1, -0.05) is 64.8 Å². The minimum Gasteiger partial charge on any atom is -0.393 e. The first kappa shape index (κ1) is 24.5. The second-order valence-electron chi connectivity index (χ2n) is 13.8. The van der Waals surface area contributed by atoms with Gasteiger partial charge in [-0.15, -0.1) is 0 Å². The highest BCUT2D eigenvalue weighted by Crippen LogP contribution is 2.73. The van der Waals surface area contributed by atoms with Crippen LogP contribution in [0.1, 0.15) is 107 Å². The quantitative estimate of drug-likeness (QED) is 0.448. The summed E-state index contributed by atoms with van der Waals surface area (Å²) < 4.78 is 0. The first-order chi connectivity index (χ1) is 14.8. The third kappa shape index (κ3) is 3.41. The van der Waals surface area contributed by atoms with E-state index in [-0.39, 0.29) is 23.0 Å². The Morgan fingerprint density at radius 2 is 1.75 bits per heavy atom. The maximum atomic E-state index is 10.8. The number of aliphatic hydroxyl groups excluding tert-OH is 2. The molecule has 4 aliphatic carbocycles. The van der Waals surface area contributed by atoms with Crippen LogP contribution >= 0.6 is 0 Å². The number of fused-ring (bicyclic) bond motifs is 5. The standard InChI is InChI=1S/C30H50O2/c1-19(2)17-21(31)18-20(3)22-11-15-30(8)24-9-10-25-27(4,5)26(32)13-14-28(25,6)23(24)12-16-29(22,30)7/h9,17,20-23,25-26,31-32H,10-16,18H2,1-8H3/t20-,21+,22-,23-,25+,26-,28+,29-,30+/m0/s1. The Kier molecular flexibility index (Phi) is 6.11. The van der Waals surface area contributed by atoms with Crippen molar-refractivity contribution in [2.45, 2.75) is 119 Å². The molecule has 0 unspecified atom stereocenters. The van der Waals surface area contributed by atoms with Gasteiger partial charge in [0.2, 0.25) is 0 Å². The average Bonchev–Trinajstić information content (AvgIpc) is 2.96. The van der Waals surface area contributed by atoms with Crippen LogP contribution in [0.4, 0.5) is 0 Å². The zero-order chi connectivity index (χ0) is 23.7. The van der Waals surface area contributed by atoms with Crippen LogP contribution in [0.15, 0.2) is 23.3 Å². The lowest BCUT2D eigenvalue weighted by Crippen LogP contribution is -2.58. The number of allylic oxidation sites excluding steroid dienone is 3. The fraction of sp³-hybridized carbons (Fsp3) is 0.867. The van der Waals surface area contributed by atoms with Gasteiger partial charge in [-0.05, 0) is 111 Å². The molecule has 0 bridgehead atoms. The molecule has 0 saturated heterocycles. The molecule has 32 heavy (non-hydrogen) atoms. The van der Waals surface area contributed by atoms with E-state index in [9.17, 15) is 10.2 Å². The van der Waals surface area contributed by atoms with E-state index in [2.05, 4.69) is 61.5 Å². The fourth-order valence-electron chi connectivity index (χ4n) is 9.65. The van der Waals surface area contributed by atoms with Gasteiger partial charge in [-0.25, -0.2) is 0 Å². The molecule has 4 rings (SSSR count). The number of hydrogen-bond acceptors (Lipinski definition) is 2. The zero-order valence-corrected chi connectivity index (χ0v) is 22.2. The van der Waals surface area contributed by atoms with Gasteiger partial charge >= 0.3 is 0 Å². The molecule has 0 aliphatic heterocycles. The van der Waals surface area contributed by atoms with Crippen molar-refractivity contribution in [2.24, 2.45) is 45.3 Å². The lowest BCUT2D eigenvalue weighted by Gasteiger charge is -2.64. The Morgan fingerprint density at radius 1 is 1.06 bits per heavy atom. The Labute approximate surface area is 198 Å². The van der Waals surface area contributed by atoms with Crippen molar-refractivity contribution < 1.29 is 10.2 Å². The maximum absolute atomic E-state index is 10.8. The van der Waals surface area contributed by atoms with Crippen LogP contribution < -0.4 is 0 Å². The first-order valence-corrected chi connectivity index (χ1v) is 13.5. The summed E-state index contributed by atoms with van der Waals surface area (Å²) in [5.41, 5.74) is 3.92. The Bertz CT molecular complexity index is 789. The van der Waals surface area contributed by atoms with Crippen molar-refractivity contribution in [1.82, 2.24) is 0 Å². The summed E-state index contributed by atoms with van der Waals surface area (Å²) >= 11 is 0. The van der Waals surface area contributed by atoms with Crippen molar-refractivity contribution in [2.75, 3.05) is 0 Å². The van der Waals surface area contributed by atoms with Crippen molar-refractivity contribution in [3.05, 3.63) is 23.3 Å². The van der Waals surface area contributed by atoms with E-state index in [1.54, 1.807) is 5.57 Å². The molecule has 0 aromatic rings. The lowest BCUT2D eigenvalue weighted by atomic mass is 9.41. The van der Waals surface area contributed by atoms with Crippen molar-refractivity contribution >= 4 is 0 Å². The summed E-state index contributed by atoms with van der Waals surface area (Å²) in [5.74, 6) is 2.48. The molecular weight excluding hydrogens is 392 g/mol. The highest BCUT2D eigenvalue weighted by Gasteiger charge is 2.65. The largest absolute Gasteiger partial charge is 0.393 e. The SMILES string of the molecule is CC(C)=C[C@@H](O)C[C@H](C)[C@@H]1CC[C@]2(C)C3=CC[C@@H]4C(C)(C)[C@@H](O)CC[C@]4(C)[C@H]3CC[C@@]12C. The van der Waals surface area contributed by atoms with Gasteiger partial charge in [-0.2, -0.15) is 0 Å². The van der Waals surface area contributed by atoms with Crippen LogP contribution in [0.3, 0.4) is 0 Å². The van der Waals surface area contributed by atoms with Crippen LogP contribution in [0, 0.1) is 45.3 Å². The summed E-state index contributed by atoms with van der Waals surface area (Å²) in [6.07, 6.45) is 13.6. The molecule has 0 spiro atoms. The molecule has 0 aromatic carbocycles. The molecule has 182 valence electrons. The molecule has 0 radical (unpaired) electrons. The summed E-state index contributed by atoms with van der Waals surface area (Å²) in [4.78, 5) is 0. The summed E-state index contributed by atoms with van der Waals surface area (Å²) in [6, 6.07) is 0. The van der Waals surface area contributed by atoms with Crippen LogP contribution in [-0.4, -0.2) is 22.4 Å². The second kappa shape index (κ2) is 7.98. The predicted octanol–water partition coefficient (Wildman–Crippen LogP) is 7.31. The van der Waals surface area contributed by atoms with E-state index in [0.717, 1.165) is 19.3 Å². The van der Waals surface area contributed by atoms with E-state index in [0.29, 0.717) is 34.5 Å². The third-order valence-corrected chi connectivity index (χ3v) is 11.7. The van der Waals surface area contributed by atoms with E-state index in [1.165, 1.54) is 37.7 Å². The van der Waals surface area contributed by atoms with Gasteiger partial charge in [0.25, 0.3) is 0 Å². The highest BCUT2D eigenvalue weighted by molar-refractivity contribution is 5.33. The Balaban J connectivity index is 1.63. The Morgan fingerprint density at radius 3 is 2.41 bits per heavy atom. The molecule has 0 heterocycles. The topological polar surface area (TPSA) is 40.5 Å². The van der Waals surface area contributed by atoms with Crippen LogP contribution in [-0.2, 0) is 0 Å². The first-order valence-electron chi connectivity index (χ1n) is 13.5. The van der Waals surface area contributed by atoms with Gasteiger partial charge in [0.1, 0.15) is 0 Å². The van der Waals surface area contributed by atoms with E-state index >= 15 is 0 Å². The minimum atomic E-state index is -0.314. The summed E-state index contributed by atoms with van der Waals surface area (Å²) in [7, 11) is 0. The monoisotopic (exact) mass is 442 g/mol. The van der Waals surface area contributed by atoms with Crippen molar-refractivity contribution in [3.8, 4) is 0 Å². The average molecular weight is 443 g/mol. The number of hydrogen-bond donors (Lipinski definition) is 2. The van der Waals surface area contributed by atoms with Gasteiger partial charge in [-0.3, -0.25) is 0 Å². The molecule has 4 aliphatic rings.